The fraction of sp³-hybridized carbons (Fsp3) is 0.294. The zero-order valence-electron chi connectivity index (χ0n) is 22.3. The highest BCUT2D eigenvalue weighted by Gasteiger charge is 2.54. The van der Waals surface area contributed by atoms with E-state index in [0.717, 1.165) is 16.7 Å². The zero-order valence-corrected chi connectivity index (χ0v) is 22.3. The highest BCUT2D eigenvalue weighted by Crippen LogP contribution is 2.42. The van der Waals surface area contributed by atoms with Crippen LogP contribution in [0.4, 0.5) is 8.78 Å². The number of ether oxygens (including phenoxy) is 4. The minimum Gasteiger partial charge on any atom is -0.489 e. The maximum Gasteiger partial charge on any atom is 0.289 e. The fourth-order valence-corrected chi connectivity index (χ4v) is 4.87. The molecule has 40 heavy (non-hydrogen) atoms. The summed E-state index contributed by atoms with van der Waals surface area (Å²) >= 11 is 0. The Bertz CT molecular complexity index is 1280. The molecule has 5 rings (SSSR count). The first-order valence-corrected chi connectivity index (χ1v) is 13.6. The third-order valence-electron chi connectivity index (χ3n) is 7.11. The van der Waals surface area contributed by atoms with Crippen LogP contribution in [0.1, 0.15) is 29.5 Å². The van der Waals surface area contributed by atoms with Crippen molar-refractivity contribution in [1.82, 2.24) is 0 Å². The van der Waals surface area contributed by atoms with Crippen molar-refractivity contribution in [2.24, 2.45) is 5.92 Å². The van der Waals surface area contributed by atoms with E-state index >= 15 is 8.78 Å². The molecule has 0 radical (unpaired) electrons. The molecule has 208 valence electrons. The highest BCUT2D eigenvalue weighted by molar-refractivity contribution is 5.32. The lowest BCUT2D eigenvalue weighted by Gasteiger charge is -2.41. The van der Waals surface area contributed by atoms with E-state index in [1.165, 1.54) is 0 Å². The van der Waals surface area contributed by atoms with Crippen LogP contribution in [0.15, 0.2) is 115 Å². The van der Waals surface area contributed by atoms with E-state index in [4.69, 9.17) is 18.9 Å². The second-order valence-electron chi connectivity index (χ2n) is 10.1. The van der Waals surface area contributed by atoms with Gasteiger partial charge in [-0.2, -0.15) is 0 Å². The van der Waals surface area contributed by atoms with Gasteiger partial charge >= 0.3 is 0 Å². The SMILES string of the molecule is FC1(F)[C@H](COCc2ccccc2)C[C@H](OCc2ccccc2)C[C@@H]1Oc1ccc(OCc2ccccc2)cc1. The summed E-state index contributed by atoms with van der Waals surface area (Å²) in [5.41, 5.74) is 2.99. The van der Waals surface area contributed by atoms with Crippen LogP contribution in [0.3, 0.4) is 0 Å². The van der Waals surface area contributed by atoms with Crippen LogP contribution in [0, 0.1) is 5.92 Å². The number of benzene rings is 4. The molecular weight excluding hydrogens is 510 g/mol. The number of alkyl halides is 2. The number of hydrogen-bond donors (Lipinski definition) is 0. The van der Waals surface area contributed by atoms with Crippen molar-refractivity contribution in [2.45, 2.75) is 50.8 Å². The fourth-order valence-electron chi connectivity index (χ4n) is 4.87. The molecule has 0 saturated heterocycles. The molecule has 1 aliphatic rings. The van der Waals surface area contributed by atoms with Crippen LogP contribution in [0.5, 0.6) is 11.5 Å². The first-order valence-electron chi connectivity index (χ1n) is 13.6. The van der Waals surface area contributed by atoms with Crippen LogP contribution >= 0.6 is 0 Å². The van der Waals surface area contributed by atoms with Crippen molar-refractivity contribution in [3.05, 3.63) is 132 Å². The van der Waals surface area contributed by atoms with Crippen molar-refractivity contribution < 1.29 is 27.7 Å². The molecular formula is C34H34F2O4. The maximum atomic E-state index is 15.8. The topological polar surface area (TPSA) is 36.9 Å². The third kappa shape index (κ3) is 7.68. The Morgan fingerprint density at radius 1 is 0.600 bits per heavy atom. The summed E-state index contributed by atoms with van der Waals surface area (Å²) in [7, 11) is 0. The lowest BCUT2D eigenvalue weighted by Crippen LogP contribution is -2.53. The molecule has 4 aromatic carbocycles. The van der Waals surface area contributed by atoms with Crippen LogP contribution in [0.2, 0.25) is 0 Å². The van der Waals surface area contributed by atoms with Gasteiger partial charge in [0.05, 0.1) is 31.8 Å². The standard InChI is InChI=1S/C34H34F2O4/c35-34(36)29(25-37-22-26-10-4-1-5-11-26)20-32(39-24-28-14-8-3-9-15-28)21-33(34)40-31-18-16-30(17-19-31)38-23-27-12-6-2-7-13-27/h1-19,29,32-33H,20-25H2/t29-,32-,33-/m0/s1. The first-order chi connectivity index (χ1) is 19.6. The van der Waals surface area contributed by atoms with E-state index in [1.54, 1.807) is 24.3 Å². The average Bonchev–Trinajstić information content (AvgIpc) is 2.99. The Balaban J connectivity index is 1.24. The van der Waals surface area contributed by atoms with Crippen molar-refractivity contribution in [1.29, 1.82) is 0 Å². The molecule has 0 N–H and O–H groups in total. The molecule has 6 heteroatoms. The quantitative estimate of drug-likeness (QED) is 0.182. The molecule has 1 aliphatic carbocycles. The Morgan fingerprint density at radius 2 is 1.12 bits per heavy atom. The van der Waals surface area contributed by atoms with E-state index in [2.05, 4.69) is 0 Å². The summed E-state index contributed by atoms with van der Waals surface area (Å²) in [6.07, 6.45) is -1.45. The normalized spacial score (nSPS) is 20.1. The molecule has 0 spiro atoms. The van der Waals surface area contributed by atoms with Gasteiger partial charge in [0.15, 0.2) is 6.10 Å². The lowest BCUT2D eigenvalue weighted by molar-refractivity contribution is -0.200. The molecule has 0 heterocycles. The summed E-state index contributed by atoms with van der Waals surface area (Å²) in [4.78, 5) is 0. The second-order valence-corrected chi connectivity index (χ2v) is 10.1. The van der Waals surface area contributed by atoms with Crippen LogP contribution in [-0.2, 0) is 29.3 Å². The maximum absolute atomic E-state index is 15.8. The van der Waals surface area contributed by atoms with Crippen molar-refractivity contribution >= 4 is 0 Å². The first kappa shape index (κ1) is 27.8. The highest BCUT2D eigenvalue weighted by atomic mass is 19.3. The predicted octanol–water partition coefficient (Wildman–Crippen LogP) is 7.86. The molecule has 3 atom stereocenters. The molecule has 0 bridgehead atoms. The van der Waals surface area contributed by atoms with Crippen molar-refractivity contribution in [3.8, 4) is 11.5 Å². The van der Waals surface area contributed by atoms with E-state index in [9.17, 15) is 0 Å². The molecule has 4 nitrogen and oxygen atoms in total. The largest absolute Gasteiger partial charge is 0.489 e. The minimum atomic E-state index is -3.09. The average molecular weight is 545 g/mol. The Kier molecular flexibility index (Phi) is 9.42. The zero-order chi connectivity index (χ0) is 27.6. The van der Waals surface area contributed by atoms with E-state index in [1.807, 2.05) is 91.0 Å². The van der Waals surface area contributed by atoms with E-state index in [-0.39, 0.29) is 32.2 Å². The molecule has 0 aliphatic heterocycles. The van der Waals surface area contributed by atoms with Gasteiger partial charge in [-0.05, 0) is 47.4 Å². The van der Waals surface area contributed by atoms with Gasteiger partial charge in [0.25, 0.3) is 5.92 Å². The summed E-state index contributed by atoms with van der Waals surface area (Å²) in [5.74, 6) is -3.12. The van der Waals surface area contributed by atoms with Gasteiger partial charge in [-0.15, -0.1) is 0 Å². The summed E-state index contributed by atoms with van der Waals surface area (Å²) < 4.78 is 55.2. The molecule has 1 fully saturated rings. The van der Waals surface area contributed by atoms with Crippen LogP contribution in [-0.4, -0.2) is 24.7 Å². The van der Waals surface area contributed by atoms with Gasteiger partial charge in [0.2, 0.25) is 0 Å². The van der Waals surface area contributed by atoms with E-state index < -0.39 is 17.9 Å². The Labute approximate surface area is 234 Å². The third-order valence-corrected chi connectivity index (χ3v) is 7.11. The van der Waals surface area contributed by atoms with Crippen LogP contribution in [0.25, 0.3) is 0 Å². The minimum absolute atomic E-state index is 0.0841. The molecule has 1 saturated carbocycles. The molecule has 0 amide bonds. The lowest BCUT2D eigenvalue weighted by atomic mass is 9.82. The van der Waals surface area contributed by atoms with Gasteiger partial charge in [-0.1, -0.05) is 91.0 Å². The van der Waals surface area contributed by atoms with Gasteiger partial charge in [0, 0.05) is 6.42 Å². The van der Waals surface area contributed by atoms with Gasteiger partial charge in [-0.3, -0.25) is 0 Å². The smallest absolute Gasteiger partial charge is 0.289 e. The molecule has 0 unspecified atom stereocenters. The van der Waals surface area contributed by atoms with Crippen molar-refractivity contribution in [2.75, 3.05) is 6.61 Å². The van der Waals surface area contributed by atoms with Gasteiger partial charge in [-0.25, -0.2) is 8.78 Å². The summed E-state index contributed by atoms with van der Waals surface area (Å²) in [6, 6.07) is 36.0. The Morgan fingerprint density at radius 3 is 1.73 bits per heavy atom. The Hall–Kier alpha value is -3.74. The second kappa shape index (κ2) is 13.6. The van der Waals surface area contributed by atoms with E-state index in [0.29, 0.717) is 24.7 Å². The molecule has 4 aromatic rings. The number of rotatable bonds is 12. The van der Waals surface area contributed by atoms with Gasteiger partial charge < -0.3 is 18.9 Å². The summed E-state index contributed by atoms with van der Waals surface area (Å²) in [6.45, 7) is 0.972. The van der Waals surface area contributed by atoms with Crippen molar-refractivity contribution in [3.63, 3.8) is 0 Å². The molecule has 0 aromatic heterocycles. The van der Waals surface area contributed by atoms with Gasteiger partial charge in [0.1, 0.15) is 18.1 Å². The number of halogens is 2. The predicted molar refractivity (Wildman–Crippen MR) is 150 cm³/mol. The summed E-state index contributed by atoms with van der Waals surface area (Å²) in [5, 5.41) is 0. The monoisotopic (exact) mass is 544 g/mol. The van der Waals surface area contributed by atoms with Crippen LogP contribution < -0.4 is 9.47 Å². The number of hydrogen-bond acceptors (Lipinski definition) is 4.